The predicted molar refractivity (Wildman–Crippen MR) is 92.5 cm³/mol. The van der Waals surface area contributed by atoms with Crippen molar-refractivity contribution in [2.24, 2.45) is 11.1 Å². The summed E-state index contributed by atoms with van der Waals surface area (Å²) in [6.07, 6.45) is 2.08. The molecule has 1 rings (SSSR count). The summed E-state index contributed by atoms with van der Waals surface area (Å²) in [5, 5.41) is 4.20. The lowest BCUT2D eigenvalue weighted by Gasteiger charge is -2.28. The van der Waals surface area contributed by atoms with E-state index in [1.54, 1.807) is 18.2 Å². The first kappa shape index (κ1) is 20.5. The molecule has 0 aromatic heterocycles. The van der Waals surface area contributed by atoms with Gasteiger partial charge in [0.15, 0.2) is 0 Å². The molecule has 6 heteroatoms. The normalized spacial score (nSPS) is 10.9. The van der Waals surface area contributed by atoms with Crippen LogP contribution < -0.4 is 11.1 Å². The number of halogens is 3. The zero-order valence-corrected chi connectivity index (χ0v) is 14.7. The van der Waals surface area contributed by atoms with Crippen molar-refractivity contribution in [2.75, 3.05) is 13.1 Å². The summed E-state index contributed by atoms with van der Waals surface area (Å²) in [5.74, 6) is 0.00757. The largest absolute Gasteiger partial charge is 0.355 e. The Hall–Kier alpha value is -0.480. The number of nitrogens with two attached hydrogens (primary N) is 1. The molecule has 3 N–H and O–H groups in total. The molecule has 0 unspecified atom stereocenters. The molecule has 0 saturated heterocycles. The number of nitrogens with one attached hydrogen (secondary N) is 1. The topological polar surface area (TPSA) is 55.1 Å². The fourth-order valence-corrected chi connectivity index (χ4v) is 2.80. The van der Waals surface area contributed by atoms with E-state index in [9.17, 15) is 4.79 Å². The third-order valence-electron chi connectivity index (χ3n) is 3.95. The third kappa shape index (κ3) is 5.03. The zero-order chi connectivity index (χ0) is 15.2. The summed E-state index contributed by atoms with van der Waals surface area (Å²) in [7, 11) is 0. The summed E-state index contributed by atoms with van der Waals surface area (Å²) < 4.78 is 0. The van der Waals surface area contributed by atoms with E-state index < -0.39 is 5.41 Å². The maximum absolute atomic E-state index is 12.3. The smallest absolute Gasteiger partial charge is 0.227 e. The Morgan fingerprint density at radius 2 is 1.76 bits per heavy atom. The summed E-state index contributed by atoms with van der Waals surface area (Å²) in [4.78, 5) is 12.3. The van der Waals surface area contributed by atoms with E-state index in [2.05, 4.69) is 5.32 Å². The van der Waals surface area contributed by atoms with Crippen LogP contribution in [-0.4, -0.2) is 19.0 Å². The zero-order valence-electron chi connectivity index (χ0n) is 12.4. The van der Waals surface area contributed by atoms with E-state index in [4.69, 9.17) is 28.9 Å². The van der Waals surface area contributed by atoms with Gasteiger partial charge in [0, 0.05) is 23.1 Å². The lowest BCUT2D eigenvalue weighted by Crippen LogP contribution is -2.45. The molecular formula is C15H23Cl3N2O. The minimum atomic E-state index is -0.468. The van der Waals surface area contributed by atoms with Crippen molar-refractivity contribution in [2.45, 2.75) is 33.1 Å². The van der Waals surface area contributed by atoms with Crippen molar-refractivity contribution in [3.63, 3.8) is 0 Å². The van der Waals surface area contributed by atoms with Gasteiger partial charge in [-0.25, -0.2) is 0 Å². The van der Waals surface area contributed by atoms with E-state index in [1.807, 2.05) is 13.8 Å². The molecule has 0 bridgehead atoms. The molecule has 0 atom stereocenters. The van der Waals surface area contributed by atoms with Crippen molar-refractivity contribution >= 4 is 41.5 Å². The number of hydrogen-bond acceptors (Lipinski definition) is 2. The Labute approximate surface area is 143 Å². The van der Waals surface area contributed by atoms with Crippen molar-refractivity contribution in [3.8, 4) is 0 Å². The van der Waals surface area contributed by atoms with Crippen LogP contribution in [0.1, 0.15) is 32.3 Å². The van der Waals surface area contributed by atoms with Crippen LogP contribution in [0.3, 0.4) is 0 Å². The Kier molecular flexibility index (Phi) is 9.30. The molecule has 21 heavy (non-hydrogen) atoms. The third-order valence-corrected chi connectivity index (χ3v) is 4.66. The highest BCUT2D eigenvalue weighted by Crippen LogP contribution is 2.26. The van der Waals surface area contributed by atoms with Gasteiger partial charge in [0.2, 0.25) is 5.91 Å². The van der Waals surface area contributed by atoms with Crippen molar-refractivity contribution < 1.29 is 4.79 Å². The van der Waals surface area contributed by atoms with Crippen molar-refractivity contribution in [1.82, 2.24) is 5.32 Å². The number of carbonyl (C=O) groups is 1. The van der Waals surface area contributed by atoms with Crippen LogP contribution in [-0.2, 0) is 11.2 Å². The lowest BCUT2D eigenvalue weighted by molar-refractivity contribution is -0.131. The number of carbonyl (C=O) groups excluding carboxylic acids is 1. The molecule has 1 amide bonds. The molecule has 0 aliphatic carbocycles. The first-order chi connectivity index (χ1) is 9.50. The van der Waals surface area contributed by atoms with E-state index in [0.717, 1.165) is 18.4 Å². The number of benzene rings is 1. The monoisotopic (exact) mass is 352 g/mol. The van der Waals surface area contributed by atoms with Gasteiger partial charge >= 0.3 is 0 Å². The molecule has 1 aromatic carbocycles. The highest BCUT2D eigenvalue weighted by molar-refractivity contribution is 6.35. The second kappa shape index (κ2) is 9.52. The van der Waals surface area contributed by atoms with Crippen LogP contribution in [0.15, 0.2) is 18.2 Å². The molecule has 3 nitrogen and oxygen atoms in total. The second-order valence-corrected chi connectivity index (χ2v) is 5.71. The van der Waals surface area contributed by atoms with E-state index in [1.165, 1.54) is 0 Å². The first-order valence-corrected chi connectivity index (χ1v) is 7.67. The van der Waals surface area contributed by atoms with Gasteiger partial charge < -0.3 is 11.1 Å². The van der Waals surface area contributed by atoms with Crippen LogP contribution in [0.2, 0.25) is 10.0 Å². The maximum atomic E-state index is 12.3. The first-order valence-electron chi connectivity index (χ1n) is 6.92. The quantitative estimate of drug-likeness (QED) is 0.782. The SMILES string of the molecule is CCC(CC)(CN)C(=O)NCCc1c(Cl)cccc1Cl.Cl. The van der Waals surface area contributed by atoms with Crippen LogP contribution in [0.25, 0.3) is 0 Å². The van der Waals surface area contributed by atoms with Gasteiger partial charge in [0.05, 0.1) is 5.41 Å². The van der Waals surface area contributed by atoms with Gasteiger partial charge in [-0.15, -0.1) is 12.4 Å². The Morgan fingerprint density at radius 1 is 1.24 bits per heavy atom. The Bertz CT molecular complexity index is 434. The van der Waals surface area contributed by atoms with Crippen LogP contribution in [0.4, 0.5) is 0 Å². The average molecular weight is 354 g/mol. The molecule has 1 aromatic rings. The molecule has 0 heterocycles. The average Bonchev–Trinajstić information content (AvgIpc) is 2.44. The fourth-order valence-electron chi connectivity index (χ4n) is 2.21. The highest BCUT2D eigenvalue weighted by atomic mass is 35.5. The van der Waals surface area contributed by atoms with Crippen LogP contribution in [0, 0.1) is 5.41 Å². The van der Waals surface area contributed by atoms with Crippen molar-refractivity contribution in [3.05, 3.63) is 33.8 Å². The molecule has 0 fully saturated rings. The second-order valence-electron chi connectivity index (χ2n) is 4.90. The van der Waals surface area contributed by atoms with E-state index in [-0.39, 0.29) is 18.3 Å². The van der Waals surface area contributed by atoms with E-state index >= 15 is 0 Å². The maximum Gasteiger partial charge on any atom is 0.227 e. The van der Waals surface area contributed by atoms with Crippen LogP contribution >= 0.6 is 35.6 Å². The van der Waals surface area contributed by atoms with Gasteiger partial charge in [-0.1, -0.05) is 43.1 Å². The van der Waals surface area contributed by atoms with Gasteiger partial charge in [-0.3, -0.25) is 4.79 Å². The number of amides is 1. The molecule has 0 saturated carbocycles. The van der Waals surface area contributed by atoms with Crippen LogP contribution in [0.5, 0.6) is 0 Å². The summed E-state index contributed by atoms with van der Waals surface area (Å²) >= 11 is 12.2. The Balaban J connectivity index is 0.00000400. The predicted octanol–water partition coefficient (Wildman–Crippen LogP) is 3.84. The summed E-state index contributed by atoms with van der Waals surface area (Å²) in [6, 6.07) is 5.40. The fraction of sp³-hybridized carbons (Fsp3) is 0.533. The highest BCUT2D eigenvalue weighted by Gasteiger charge is 2.32. The minimum Gasteiger partial charge on any atom is -0.355 e. The molecule has 0 spiro atoms. The van der Waals surface area contributed by atoms with Gasteiger partial charge in [0.1, 0.15) is 0 Å². The van der Waals surface area contributed by atoms with Crippen molar-refractivity contribution in [1.29, 1.82) is 0 Å². The molecule has 0 aliphatic heterocycles. The number of rotatable bonds is 7. The summed E-state index contributed by atoms with van der Waals surface area (Å²) in [5.41, 5.74) is 6.15. The van der Waals surface area contributed by atoms with Gasteiger partial charge in [-0.2, -0.15) is 0 Å². The molecule has 0 radical (unpaired) electrons. The molecule has 0 aliphatic rings. The molecule has 120 valence electrons. The van der Waals surface area contributed by atoms with Gasteiger partial charge in [0.25, 0.3) is 0 Å². The minimum absolute atomic E-state index is 0. The lowest BCUT2D eigenvalue weighted by atomic mass is 9.81. The van der Waals surface area contributed by atoms with E-state index in [0.29, 0.717) is 29.6 Å². The Morgan fingerprint density at radius 3 is 2.19 bits per heavy atom. The summed E-state index contributed by atoms with van der Waals surface area (Å²) in [6.45, 7) is 4.84. The number of hydrogen-bond donors (Lipinski definition) is 2. The van der Waals surface area contributed by atoms with Gasteiger partial charge in [-0.05, 0) is 37.0 Å². The molecular weight excluding hydrogens is 331 g/mol. The standard InChI is InChI=1S/C15H22Cl2N2O.ClH/c1-3-15(4-2,10-18)14(20)19-9-8-11-12(16)6-5-7-13(11)17;/h5-7H,3-4,8-10,18H2,1-2H3,(H,19,20);1H.